The Labute approximate surface area is 149 Å². The van der Waals surface area contributed by atoms with Crippen LogP contribution in [0.5, 0.6) is 0 Å². The fourth-order valence-corrected chi connectivity index (χ4v) is 3.23. The molecule has 1 aliphatic heterocycles. The highest BCUT2D eigenvalue weighted by molar-refractivity contribution is 5.79. The van der Waals surface area contributed by atoms with Gasteiger partial charge in [-0.25, -0.2) is 0 Å². The molecule has 1 amide bonds. The van der Waals surface area contributed by atoms with Crippen molar-refractivity contribution in [3.63, 3.8) is 0 Å². The van der Waals surface area contributed by atoms with Crippen LogP contribution in [0.15, 0.2) is 36.4 Å². The summed E-state index contributed by atoms with van der Waals surface area (Å²) in [7, 11) is 0. The Hall–Kier alpha value is -2.43. The van der Waals surface area contributed by atoms with Crippen LogP contribution in [0.2, 0.25) is 0 Å². The van der Waals surface area contributed by atoms with Crippen LogP contribution < -0.4 is 10.2 Å². The van der Waals surface area contributed by atoms with Crippen LogP contribution in [0.4, 0.5) is 5.82 Å². The van der Waals surface area contributed by atoms with Crippen molar-refractivity contribution in [1.29, 1.82) is 0 Å². The zero-order valence-electron chi connectivity index (χ0n) is 15.2. The first-order valence-electron chi connectivity index (χ1n) is 8.99. The third kappa shape index (κ3) is 4.35. The molecule has 0 atom stereocenters. The van der Waals surface area contributed by atoms with Crippen molar-refractivity contribution in [2.75, 3.05) is 18.0 Å². The van der Waals surface area contributed by atoms with E-state index in [0.29, 0.717) is 0 Å². The van der Waals surface area contributed by atoms with Gasteiger partial charge in [0.05, 0.1) is 5.69 Å². The number of aryl methyl sites for hydroxylation is 1. The van der Waals surface area contributed by atoms with Crippen molar-refractivity contribution >= 4 is 11.7 Å². The Kier molecular flexibility index (Phi) is 5.31. The maximum absolute atomic E-state index is 12.1. The molecule has 2 heterocycles. The van der Waals surface area contributed by atoms with Crippen LogP contribution in [0.1, 0.15) is 32.3 Å². The number of anilines is 1. The third-order valence-electron chi connectivity index (χ3n) is 4.58. The number of hydrogen-bond acceptors (Lipinski definition) is 4. The zero-order chi connectivity index (χ0) is 17.8. The highest BCUT2D eigenvalue weighted by Gasteiger charge is 2.26. The van der Waals surface area contributed by atoms with Gasteiger partial charge < -0.3 is 10.2 Å². The number of benzene rings is 1. The normalized spacial score (nSPS) is 15.4. The topological polar surface area (TPSA) is 58.1 Å². The molecular weight excluding hydrogens is 312 g/mol. The first kappa shape index (κ1) is 17.4. The van der Waals surface area contributed by atoms with Gasteiger partial charge in [0.2, 0.25) is 5.91 Å². The maximum Gasteiger partial charge on any atom is 0.223 e. The fraction of sp³-hybridized carbons (Fsp3) is 0.450. The minimum Gasteiger partial charge on any atom is -0.355 e. The average molecular weight is 338 g/mol. The van der Waals surface area contributed by atoms with Gasteiger partial charge in [-0.15, -0.1) is 10.2 Å². The van der Waals surface area contributed by atoms with Gasteiger partial charge in [-0.3, -0.25) is 4.79 Å². The standard InChI is InChI=1S/C20H26N4O/c1-14(2)21-20(25)16-9-11-24(12-10-16)19-8-7-18(22-23-19)17-6-4-5-15(3)13-17/h4-8,13-14,16H,9-12H2,1-3H3,(H,21,25). The first-order valence-corrected chi connectivity index (χ1v) is 8.99. The molecular formula is C20H26N4O. The van der Waals surface area contributed by atoms with Crippen molar-refractivity contribution in [2.24, 2.45) is 5.92 Å². The molecule has 0 radical (unpaired) electrons. The highest BCUT2D eigenvalue weighted by atomic mass is 16.1. The monoisotopic (exact) mass is 338 g/mol. The van der Waals surface area contributed by atoms with Crippen LogP contribution >= 0.6 is 0 Å². The second-order valence-corrected chi connectivity index (χ2v) is 7.07. The summed E-state index contributed by atoms with van der Waals surface area (Å²) in [4.78, 5) is 14.3. The lowest BCUT2D eigenvalue weighted by molar-refractivity contribution is -0.126. The summed E-state index contributed by atoms with van der Waals surface area (Å²) in [5.74, 6) is 1.17. The van der Waals surface area contributed by atoms with Crippen molar-refractivity contribution in [3.05, 3.63) is 42.0 Å². The van der Waals surface area contributed by atoms with Gasteiger partial charge in [0, 0.05) is 30.6 Å². The number of hydrogen-bond donors (Lipinski definition) is 1. The number of nitrogens with one attached hydrogen (secondary N) is 1. The summed E-state index contributed by atoms with van der Waals surface area (Å²) in [6.45, 7) is 7.75. The van der Waals surface area contributed by atoms with E-state index >= 15 is 0 Å². The van der Waals surface area contributed by atoms with Gasteiger partial charge in [0.1, 0.15) is 0 Å². The number of nitrogens with zero attached hydrogens (tertiary/aromatic N) is 3. The molecule has 0 saturated carbocycles. The number of rotatable bonds is 4. The third-order valence-corrected chi connectivity index (χ3v) is 4.58. The molecule has 5 heteroatoms. The molecule has 1 aromatic heterocycles. The molecule has 1 fully saturated rings. The van der Waals surface area contributed by atoms with Crippen molar-refractivity contribution in [2.45, 2.75) is 39.7 Å². The van der Waals surface area contributed by atoms with Gasteiger partial charge >= 0.3 is 0 Å². The molecule has 25 heavy (non-hydrogen) atoms. The summed E-state index contributed by atoms with van der Waals surface area (Å²) >= 11 is 0. The largest absolute Gasteiger partial charge is 0.355 e. The fourth-order valence-electron chi connectivity index (χ4n) is 3.23. The van der Waals surface area contributed by atoms with E-state index in [0.717, 1.165) is 43.0 Å². The number of piperidine rings is 1. The molecule has 0 unspecified atom stereocenters. The molecule has 0 bridgehead atoms. The van der Waals surface area contributed by atoms with Gasteiger partial charge in [-0.1, -0.05) is 23.8 Å². The summed E-state index contributed by atoms with van der Waals surface area (Å²) in [6.07, 6.45) is 1.72. The second kappa shape index (κ2) is 7.64. The average Bonchev–Trinajstić information content (AvgIpc) is 2.61. The highest BCUT2D eigenvalue weighted by Crippen LogP contribution is 2.24. The number of carbonyl (C=O) groups excluding carboxylic acids is 1. The second-order valence-electron chi connectivity index (χ2n) is 7.07. The summed E-state index contributed by atoms with van der Waals surface area (Å²) < 4.78 is 0. The van der Waals surface area contributed by atoms with Crippen LogP contribution in [-0.2, 0) is 4.79 Å². The predicted molar refractivity (Wildman–Crippen MR) is 100 cm³/mol. The molecule has 1 aromatic carbocycles. The van der Waals surface area contributed by atoms with E-state index in [1.807, 2.05) is 32.0 Å². The van der Waals surface area contributed by atoms with Gasteiger partial charge in [-0.2, -0.15) is 0 Å². The lowest BCUT2D eigenvalue weighted by Crippen LogP contribution is -2.42. The molecule has 5 nitrogen and oxygen atoms in total. The quantitative estimate of drug-likeness (QED) is 0.930. The van der Waals surface area contributed by atoms with Crippen LogP contribution in [0, 0.1) is 12.8 Å². The molecule has 132 valence electrons. The van der Waals surface area contributed by atoms with Gasteiger partial charge in [0.25, 0.3) is 0 Å². The maximum atomic E-state index is 12.1. The number of carbonyl (C=O) groups is 1. The summed E-state index contributed by atoms with van der Waals surface area (Å²) in [5.41, 5.74) is 3.19. The van der Waals surface area contributed by atoms with Crippen molar-refractivity contribution in [3.8, 4) is 11.3 Å². The Morgan fingerprint density at radius 3 is 2.52 bits per heavy atom. The van der Waals surface area contributed by atoms with E-state index < -0.39 is 0 Å². The number of aromatic nitrogens is 2. The smallest absolute Gasteiger partial charge is 0.223 e. The predicted octanol–water partition coefficient (Wildman–Crippen LogP) is 3.19. The van der Waals surface area contributed by atoms with Crippen LogP contribution in [-0.4, -0.2) is 35.2 Å². The lowest BCUT2D eigenvalue weighted by Gasteiger charge is -2.32. The van der Waals surface area contributed by atoms with Crippen LogP contribution in [0.3, 0.4) is 0 Å². The summed E-state index contributed by atoms with van der Waals surface area (Å²) in [6, 6.07) is 12.5. The lowest BCUT2D eigenvalue weighted by atomic mass is 9.95. The Morgan fingerprint density at radius 1 is 1.16 bits per heavy atom. The number of amides is 1. The van der Waals surface area contributed by atoms with E-state index in [1.165, 1.54) is 5.56 Å². The van der Waals surface area contributed by atoms with Gasteiger partial charge in [-0.05, 0) is 51.8 Å². The van der Waals surface area contributed by atoms with Crippen molar-refractivity contribution < 1.29 is 4.79 Å². The minimum atomic E-state index is 0.109. The van der Waals surface area contributed by atoms with E-state index in [2.05, 4.69) is 45.5 Å². The minimum absolute atomic E-state index is 0.109. The Bertz CT molecular complexity index is 719. The van der Waals surface area contributed by atoms with E-state index in [4.69, 9.17) is 0 Å². The van der Waals surface area contributed by atoms with Crippen molar-refractivity contribution in [1.82, 2.24) is 15.5 Å². The van der Waals surface area contributed by atoms with E-state index in [1.54, 1.807) is 0 Å². The molecule has 1 aliphatic rings. The molecule has 1 saturated heterocycles. The molecule has 1 N–H and O–H groups in total. The Morgan fingerprint density at radius 2 is 1.92 bits per heavy atom. The molecule has 0 spiro atoms. The summed E-state index contributed by atoms with van der Waals surface area (Å²) in [5, 5.41) is 11.8. The van der Waals surface area contributed by atoms with E-state index in [-0.39, 0.29) is 17.9 Å². The Balaban J connectivity index is 1.61. The zero-order valence-corrected chi connectivity index (χ0v) is 15.2. The van der Waals surface area contributed by atoms with Gasteiger partial charge in [0.15, 0.2) is 5.82 Å². The SMILES string of the molecule is Cc1cccc(-c2ccc(N3CCC(C(=O)NC(C)C)CC3)nn2)c1. The molecule has 0 aliphatic carbocycles. The molecule has 3 rings (SSSR count). The first-order chi connectivity index (χ1) is 12.0. The van der Waals surface area contributed by atoms with Crippen LogP contribution in [0.25, 0.3) is 11.3 Å². The van der Waals surface area contributed by atoms with E-state index in [9.17, 15) is 4.79 Å². The molecule has 2 aromatic rings.